The van der Waals surface area contributed by atoms with Crippen LogP contribution in [0.15, 0.2) is 30.4 Å². The standard InChI is InChI=1S/C38H49F4N5O9S/c1-21-9-6-7-11-24-17-37(24,32(50)45-57(53,54)36(5)13-14-36)44-30(48)28-16-25(55-34(52)46-18-23-10-8-12-27(39)26(23)20-46)19-47(28)31(49)29(22(2)15-21)43-33(51)56-35(3,4)38(40,41)42/h7-8,10-12,21-22,24-25,28-29H,6,9,13-20H2,1-5H3,(H,43,51)(H,44,48)(H,45,50)/t21-,22+,24+,25+,28-,29-,37+/m0/s1. The number of carbonyl (C=O) groups excluding carboxylic acids is 5. The number of benzene rings is 1. The lowest BCUT2D eigenvalue weighted by Crippen LogP contribution is -2.59. The van der Waals surface area contributed by atoms with E-state index < -0.39 is 104 Å². The lowest BCUT2D eigenvalue weighted by atomic mass is 9.88. The van der Waals surface area contributed by atoms with Crippen LogP contribution in [0.25, 0.3) is 0 Å². The van der Waals surface area contributed by atoms with E-state index in [1.165, 1.54) is 24.0 Å². The number of nitrogens with one attached hydrogen (secondary N) is 3. The minimum Gasteiger partial charge on any atom is -0.444 e. The molecule has 7 atom stereocenters. The molecule has 2 saturated carbocycles. The lowest BCUT2D eigenvalue weighted by Gasteiger charge is -2.34. The van der Waals surface area contributed by atoms with Gasteiger partial charge in [-0.25, -0.2) is 22.4 Å². The molecule has 57 heavy (non-hydrogen) atoms. The summed E-state index contributed by atoms with van der Waals surface area (Å²) in [4.78, 5) is 71.5. The Bertz CT molecular complexity index is 1960. The zero-order valence-corrected chi connectivity index (χ0v) is 33.2. The SMILES string of the molecule is C[C@H]1CCC=C[C@@H]2C[C@@]2(C(=O)NS(=O)(=O)C2(C)CC2)NC(=O)[C@@H]2C[C@@H](OC(=O)N3Cc4cccc(F)c4C3)CN2C(=O)[C@@H](NC(=O)OC(C)(C)C(F)(F)F)[C@H](C)C1. The Balaban J connectivity index is 1.30. The summed E-state index contributed by atoms with van der Waals surface area (Å²) in [5, 5.41) is 5.01. The van der Waals surface area contributed by atoms with Gasteiger partial charge in [0.25, 0.3) is 5.91 Å². The lowest BCUT2D eigenvalue weighted by molar-refractivity contribution is -0.244. The fourth-order valence-corrected chi connectivity index (χ4v) is 9.08. The zero-order valence-electron chi connectivity index (χ0n) is 32.4. The predicted octanol–water partition coefficient (Wildman–Crippen LogP) is 4.57. The maximum absolute atomic E-state index is 14.6. The first-order valence-electron chi connectivity index (χ1n) is 19.1. The molecule has 1 saturated heterocycles. The molecule has 3 fully saturated rings. The van der Waals surface area contributed by atoms with E-state index in [-0.39, 0.29) is 31.8 Å². The van der Waals surface area contributed by atoms with Gasteiger partial charge in [0.1, 0.15) is 29.5 Å². The van der Waals surface area contributed by atoms with Crippen LogP contribution in [0.5, 0.6) is 0 Å². The average Bonchev–Trinajstić information content (AvgIpc) is 3.90. The minimum absolute atomic E-state index is 0.0395. The Morgan fingerprint density at radius 3 is 2.40 bits per heavy atom. The highest BCUT2D eigenvalue weighted by Crippen LogP contribution is 2.47. The maximum Gasteiger partial charge on any atom is 0.427 e. The van der Waals surface area contributed by atoms with E-state index in [2.05, 4.69) is 15.4 Å². The van der Waals surface area contributed by atoms with Gasteiger partial charge < -0.3 is 25.0 Å². The van der Waals surface area contributed by atoms with Crippen molar-refractivity contribution in [1.29, 1.82) is 0 Å². The zero-order chi connectivity index (χ0) is 41.9. The van der Waals surface area contributed by atoms with Crippen molar-refractivity contribution in [2.45, 2.75) is 133 Å². The summed E-state index contributed by atoms with van der Waals surface area (Å²) >= 11 is 0. The minimum atomic E-state index is -4.94. The molecule has 0 spiro atoms. The van der Waals surface area contributed by atoms with E-state index in [1.807, 2.05) is 13.0 Å². The summed E-state index contributed by atoms with van der Waals surface area (Å²) in [6.07, 6.45) is -3.05. The first-order chi connectivity index (χ1) is 26.5. The van der Waals surface area contributed by atoms with Gasteiger partial charge in [-0.05, 0) is 82.8 Å². The summed E-state index contributed by atoms with van der Waals surface area (Å²) in [7, 11) is -4.11. The van der Waals surface area contributed by atoms with Gasteiger partial charge >= 0.3 is 18.4 Å². The Hall–Kier alpha value is -4.42. The molecule has 5 aliphatic rings. The Morgan fingerprint density at radius 2 is 1.75 bits per heavy atom. The van der Waals surface area contributed by atoms with Gasteiger partial charge in [0.2, 0.25) is 27.4 Å². The van der Waals surface area contributed by atoms with Gasteiger partial charge in [0, 0.05) is 24.4 Å². The molecule has 3 heterocycles. The molecule has 14 nitrogen and oxygen atoms in total. The monoisotopic (exact) mass is 827 g/mol. The Kier molecular flexibility index (Phi) is 11.2. The number of ether oxygens (including phenoxy) is 2. The van der Waals surface area contributed by atoms with Crippen LogP contribution in [-0.4, -0.2) is 94.9 Å². The molecule has 0 bridgehead atoms. The Labute approximate surface area is 328 Å². The van der Waals surface area contributed by atoms with Crippen LogP contribution >= 0.6 is 0 Å². The third-order valence-corrected chi connectivity index (χ3v) is 14.2. The predicted molar refractivity (Wildman–Crippen MR) is 195 cm³/mol. The van der Waals surface area contributed by atoms with Gasteiger partial charge in [0.15, 0.2) is 0 Å². The van der Waals surface area contributed by atoms with Gasteiger partial charge in [-0.3, -0.25) is 24.0 Å². The number of amides is 5. The van der Waals surface area contributed by atoms with Crippen LogP contribution in [0.1, 0.15) is 90.7 Å². The number of fused-ring (bicyclic) bond motifs is 3. The molecule has 3 aliphatic heterocycles. The third kappa shape index (κ3) is 8.58. The molecule has 19 heteroatoms. The molecule has 314 valence electrons. The molecule has 3 N–H and O–H groups in total. The molecule has 0 radical (unpaired) electrons. The fraction of sp³-hybridized carbons (Fsp3) is 0.658. The quantitative estimate of drug-likeness (QED) is 0.274. The number of halogens is 4. The number of hydrogen-bond acceptors (Lipinski definition) is 9. The smallest absolute Gasteiger partial charge is 0.427 e. The van der Waals surface area contributed by atoms with Crippen molar-refractivity contribution in [2.75, 3.05) is 6.54 Å². The number of sulfonamides is 1. The van der Waals surface area contributed by atoms with Crippen molar-refractivity contribution in [3.63, 3.8) is 0 Å². The second-order valence-corrected chi connectivity index (χ2v) is 19.2. The summed E-state index contributed by atoms with van der Waals surface area (Å²) in [6, 6.07) is 1.48. The van der Waals surface area contributed by atoms with E-state index in [9.17, 15) is 50.0 Å². The second kappa shape index (κ2) is 15.1. The second-order valence-electron chi connectivity index (χ2n) is 17.0. The fourth-order valence-electron chi connectivity index (χ4n) is 7.77. The van der Waals surface area contributed by atoms with Crippen molar-refractivity contribution in [1.82, 2.24) is 25.2 Å². The van der Waals surface area contributed by atoms with Crippen LogP contribution in [-0.2, 0) is 47.0 Å². The van der Waals surface area contributed by atoms with Crippen LogP contribution < -0.4 is 15.4 Å². The molecule has 0 unspecified atom stereocenters. The van der Waals surface area contributed by atoms with Crippen LogP contribution in [0, 0.1) is 23.6 Å². The number of alkyl halides is 3. The first kappa shape index (κ1) is 42.2. The van der Waals surface area contributed by atoms with E-state index >= 15 is 0 Å². The van der Waals surface area contributed by atoms with Crippen LogP contribution in [0.3, 0.4) is 0 Å². The number of nitrogens with zero attached hydrogens (tertiary/aromatic N) is 2. The first-order valence-corrected chi connectivity index (χ1v) is 20.6. The van der Waals surface area contributed by atoms with Crippen molar-refractivity contribution >= 4 is 39.9 Å². The molecule has 1 aromatic rings. The number of alkyl carbamates (subject to hydrolysis) is 1. The van der Waals surface area contributed by atoms with Crippen molar-refractivity contribution in [3.8, 4) is 0 Å². The molecular weight excluding hydrogens is 779 g/mol. The number of hydrogen-bond donors (Lipinski definition) is 3. The van der Waals surface area contributed by atoms with Gasteiger partial charge in [-0.1, -0.05) is 38.1 Å². The van der Waals surface area contributed by atoms with Gasteiger partial charge in [-0.15, -0.1) is 0 Å². The van der Waals surface area contributed by atoms with Gasteiger partial charge in [0.05, 0.1) is 17.8 Å². The molecule has 2 aliphatic carbocycles. The summed E-state index contributed by atoms with van der Waals surface area (Å²) in [5.41, 5.74) is -3.73. The number of allylic oxidation sites excluding steroid dienone is 1. The van der Waals surface area contributed by atoms with Crippen molar-refractivity contribution in [3.05, 3.63) is 47.3 Å². The average molecular weight is 828 g/mol. The highest BCUT2D eigenvalue weighted by molar-refractivity contribution is 7.91. The van der Waals surface area contributed by atoms with Crippen LogP contribution in [0.2, 0.25) is 0 Å². The molecule has 1 aromatic carbocycles. The van der Waals surface area contributed by atoms with E-state index in [0.717, 1.165) is 4.90 Å². The van der Waals surface area contributed by atoms with E-state index in [0.29, 0.717) is 57.1 Å². The number of rotatable bonds is 6. The van der Waals surface area contributed by atoms with E-state index in [4.69, 9.17) is 9.47 Å². The molecular formula is C38H49F4N5O9S. The summed E-state index contributed by atoms with van der Waals surface area (Å²) in [6.45, 7) is 5.90. The topological polar surface area (TPSA) is 181 Å². The van der Waals surface area contributed by atoms with Crippen LogP contribution in [0.4, 0.5) is 27.2 Å². The highest BCUT2D eigenvalue weighted by atomic mass is 32.2. The van der Waals surface area contributed by atoms with Crippen molar-refractivity contribution in [2.24, 2.45) is 17.8 Å². The van der Waals surface area contributed by atoms with Crippen molar-refractivity contribution < 1.29 is 59.4 Å². The number of carbonyl (C=O) groups is 5. The highest BCUT2D eigenvalue weighted by Gasteiger charge is 2.63. The summed E-state index contributed by atoms with van der Waals surface area (Å²) < 4.78 is 93.3. The van der Waals surface area contributed by atoms with E-state index in [1.54, 1.807) is 19.1 Å². The summed E-state index contributed by atoms with van der Waals surface area (Å²) in [5.74, 6) is -4.58. The molecule has 6 rings (SSSR count). The normalized spacial score (nSPS) is 30.1. The maximum atomic E-state index is 14.6. The molecule has 0 aromatic heterocycles. The van der Waals surface area contributed by atoms with Gasteiger partial charge in [-0.2, -0.15) is 13.2 Å². The largest absolute Gasteiger partial charge is 0.444 e. The molecule has 5 amide bonds. The Morgan fingerprint density at radius 1 is 1.05 bits per heavy atom. The third-order valence-electron chi connectivity index (χ3n) is 12.0.